The molecule has 1 fully saturated rings. The maximum Gasteiger partial charge on any atom is 0.0733 e. The van der Waals surface area contributed by atoms with Gasteiger partial charge in [-0.2, -0.15) is 0 Å². The maximum absolute atomic E-state index is 8.28. The monoisotopic (exact) mass is 161 g/mol. The van der Waals surface area contributed by atoms with Gasteiger partial charge in [0.1, 0.15) is 0 Å². The molecule has 12 heavy (non-hydrogen) atoms. The highest BCUT2D eigenvalue weighted by atomic mass is 16.4. The predicted molar refractivity (Wildman–Crippen MR) is 47.8 cm³/mol. The van der Waals surface area contributed by atoms with E-state index >= 15 is 0 Å². The number of hydrogen-bond acceptors (Lipinski definition) is 2. The van der Waals surface area contributed by atoms with Gasteiger partial charge in [0, 0.05) is 0 Å². The van der Waals surface area contributed by atoms with Gasteiger partial charge in [0.2, 0.25) is 0 Å². The zero-order valence-corrected chi connectivity index (χ0v) is 6.77. The first-order valence-corrected chi connectivity index (χ1v) is 4.17. The van der Waals surface area contributed by atoms with Crippen LogP contribution < -0.4 is 0 Å². The normalized spacial score (nSPS) is 17.0. The second-order valence-electron chi connectivity index (χ2n) is 3.19. The number of nitrogens with zero attached hydrogens (tertiary/aromatic N) is 1. The van der Waals surface area contributed by atoms with Gasteiger partial charge in [-0.05, 0) is 29.9 Å². The zero-order valence-electron chi connectivity index (χ0n) is 6.77. The average Bonchev–Trinajstić information content (AvgIpc) is 2.89. The van der Waals surface area contributed by atoms with Crippen LogP contribution in [0.4, 0.5) is 0 Å². The van der Waals surface area contributed by atoms with Crippen molar-refractivity contribution in [2.75, 3.05) is 0 Å². The standard InChI is InChI=1S/C10H11NO/c12-11-7-8-1-3-9(4-2-8)10-5-6-10/h1-4,7,10,12H,5-6H2. The average molecular weight is 161 g/mol. The lowest BCUT2D eigenvalue weighted by Crippen LogP contribution is -1.82. The molecule has 1 aliphatic rings. The van der Waals surface area contributed by atoms with E-state index in [1.165, 1.54) is 24.6 Å². The highest BCUT2D eigenvalue weighted by molar-refractivity contribution is 5.78. The molecular weight excluding hydrogens is 150 g/mol. The van der Waals surface area contributed by atoms with Crippen LogP contribution in [0.2, 0.25) is 0 Å². The summed E-state index contributed by atoms with van der Waals surface area (Å²) in [6, 6.07) is 8.17. The summed E-state index contributed by atoms with van der Waals surface area (Å²) in [6.07, 6.45) is 4.09. The summed E-state index contributed by atoms with van der Waals surface area (Å²) >= 11 is 0. The molecule has 0 aliphatic heterocycles. The molecule has 0 unspecified atom stereocenters. The molecule has 1 aromatic carbocycles. The Morgan fingerprint density at radius 1 is 1.25 bits per heavy atom. The van der Waals surface area contributed by atoms with E-state index in [1.54, 1.807) is 0 Å². The molecule has 0 atom stereocenters. The van der Waals surface area contributed by atoms with E-state index in [1.807, 2.05) is 12.1 Å². The molecule has 0 heterocycles. The zero-order chi connectivity index (χ0) is 8.39. The molecule has 0 amide bonds. The van der Waals surface area contributed by atoms with Crippen molar-refractivity contribution in [3.8, 4) is 0 Å². The largest absolute Gasteiger partial charge is 0.411 e. The lowest BCUT2D eigenvalue weighted by atomic mass is 10.1. The van der Waals surface area contributed by atoms with Crippen LogP contribution >= 0.6 is 0 Å². The van der Waals surface area contributed by atoms with Gasteiger partial charge in [-0.15, -0.1) is 0 Å². The van der Waals surface area contributed by atoms with E-state index in [-0.39, 0.29) is 0 Å². The van der Waals surface area contributed by atoms with E-state index in [0.717, 1.165) is 11.5 Å². The van der Waals surface area contributed by atoms with Gasteiger partial charge in [0.15, 0.2) is 0 Å². The Kier molecular flexibility index (Phi) is 1.82. The molecule has 1 saturated carbocycles. The smallest absolute Gasteiger partial charge is 0.0733 e. The second-order valence-corrected chi connectivity index (χ2v) is 3.19. The molecule has 0 aromatic heterocycles. The van der Waals surface area contributed by atoms with Gasteiger partial charge >= 0.3 is 0 Å². The highest BCUT2D eigenvalue weighted by Gasteiger charge is 2.22. The lowest BCUT2D eigenvalue weighted by Gasteiger charge is -1.96. The molecule has 1 aromatic rings. The van der Waals surface area contributed by atoms with E-state index < -0.39 is 0 Å². The Bertz CT molecular complexity index is 285. The SMILES string of the molecule is ON=Cc1ccc(C2CC2)cc1. The topological polar surface area (TPSA) is 32.6 Å². The van der Waals surface area contributed by atoms with Gasteiger partial charge in [-0.3, -0.25) is 0 Å². The first-order chi connectivity index (χ1) is 5.90. The summed E-state index contributed by atoms with van der Waals surface area (Å²) in [7, 11) is 0. The lowest BCUT2D eigenvalue weighted by molar-refractivity contribution is 0.322. The molecule has 1 aliphatic carbocycles. The van der Waals surface area contributed by atoms with Crippen LogP contribution in [0.25, 0.3) is 0 Å². The summed E-state index contributed by atoms with van der Waals surface area (Å²) in [5, 5.41) is 11.3. The van der Waals surface area contributed by atoms with Crippen molar-refractivity contribution >= 4 is 6.21 Å². The maximum atomic E-state index is 8.28. The summed E-state index contributed by atoms with van der Waals surface area (Å²) in [5.41, 5.74) is 2.35. The van der Waals surface area contributed by atoms with Crippen LogP contribution in [0.1, 0.15) is 29.9 Å². The summed E-state index contributed by atoms with van der Waals surface area (Å²) < 4.78 is 0. The molecule has 2 rings (SSSR count). The molecule has 0 radical (unpaired) electrons. The van der Waals surface area contributed by atoms with Crippen LogP contribution in [-0.4, -0.2) is 11.4 Å². The molecule has 0 spiro atoms. The summed E-state index contributed by atoms with van der Waals surface area (Å²) in [5.74, 6) is 0.796. The van der Waals surface area contributed by atoms with Gasteiger partial charge in [0.05, 0.1) is 6.21 Å². The number of oxime groups is 1. The van der Waals surface area contributed by atoms with Gasteiger partial charge in [-0.25, -0.2) is 0 Å². The number of rotatable bonds is 2. The van der Waals surface area contributed by atoms with E-state index in [0.29, 0.717) is 0 Å². The van der Waals surface area contributed by atoms with Crippen molar-refractivity contribution in [2.45, 2.75) is 18.8 Å². The van der Waals surface area contributed by atoms with Crippen molar-refractivity contribution in [3.05, 3.63) is 35.4 Å². The second kappa shape index (κ2) is 2.97. The molecule has 1 N–H and O–H groups in total. The quantitative estimate of drug-likeness (QED) is 0.403. The molecule has 62 valence electrons. The molecule has 2 heteroatoms. The molecular formula is C10H11NO. The van der Waals surface area contributed by atoms with Crippen molar-refractivity contribution in [3.63, 3.8) is 0 Å². The Morgan fingerprint density at radius 3 is 2.42 bits per heavy atom. The Hall–Kier alpha value is -1.31. The fourth-order valence-corrected chi connectivity index (χ4v) is 1.34. The fourth-order valence-electron chi connectivity index (χ4n) is 1.34. The van der Waals surface area contributed by atoms with Gasteiger partial charge in [0.25, 0.3) is 0 Å². The van der Waals surface area contributed by atoms with Crippen LogP contribution in [0.15, 0.2) is 29.4 Å². The van der Waals surface area contributed by atoms with Gasteiger partial charge in [-0.1, -0.05) is 29.4 Å². The Morgan fingerprint density at radius 2 is 1.92 bits per heavy atom. The number of benzene rings is 1. The van der Waals surface area contributed by atoms with Crippen molar-refractivity contribution in [2.24, 2.45) is 5.16 Å². The third-order valence-corrected chi connectivity index (χ3v) is 2.19. The minimum atomic E-state index is 0.796. The third kappa shape index (κ3) is 1.47. The molecule has 0 saturated heterocycles. The highest BCUT2D eigenvalue weighted by Crippen LogP contribution is 2.39. The summed E-state index contributed by atoms with van der Waals surface area (Å²) in [6.45, 7) is 0. The van der Waals surface area contributed by atoms with Crippen molar-refractivity contribution < 1.29 is 5.21 Å². The molecule has 0 bridgehead atoms. The number of hydrogen-bond donors (Lipinski definition) is 1. The summed E-state index contributed by atoms with van der Waals surface area (Å²) in [4.78, 5) is 0. The van der Waals surface area contributed by atoms with Crippen molar-refractivity contribution in [1.82, 2.24) is 0 Å². The van der Waals surface area contributed by atoms with Crippen LogP contribution in [0.5, 0.6) is 0 Å². The van der Waals surface area contributed by atoms with Gasteiger partial charge < -0.3 is 5.21 Å². The fraction of sp³-hybridized carbons (Fsp3) is 0.300. The van der Waals surface area contributed by atoms with Crippen LogP contribution in [-0.2, 0) is 0 Å². The van der Waals surface area contributed by atoms with E-state index in [2.05, 4.69) is 17.3 Å². The predicted octanol–water partition coefficient (Wildman–Crippen LogP) is 2.37. The van der Waals surface area contributed by atoms with Crippen LogP contribution in [0, 0.1) is 0 Å². The molecule has 2 nitrogen and oxygen atoms in total. The van der Waals surface area contributed by atoms with E-state index in [4.69, 9.17) is 5.21 Å². The first-order valence-electron chi connectivity index (χ1n) is 4.17. The van der Waals surface area contributed by atoms with E-state index in [9.17, 15) is 0 Å². The minimum absolute atomic E-state index is 0.796. The third-order valence-electron chi connectivity index (χ3n) is 2.19. The Labute approximate surface area is 71.5 Å². The Balaban J connectivity index is 2.18. The van der Waals surface area contributed by atoms with Crippen molar-refractivity contribution in [1.29, 1.82) is 0 Å². The van der Waals surface area contributed by atoms with Crippen LogP contribution in [0.3, 0.4) is 0 Å². The minimum Gasteiger partial charge on any atom is -0.411 e. The first kappa shape index (κ1) is 7.35.